The predicted octanol–water partition coefficient (Wildman–Crippen LogP) is 2.89. The van der Waals surface area contributed by atoms with Gasteiger partial charge in [-0.2, -0.15) is 0 Å². The summed E-state index contributed by atoms with van der Waals surface area (Å²) >= 11 is 0. The molecule has 3 rings (SSSR count). The normalized spacial score (nSPS) is 12.2. The van der Waals surface area contributed by atoms with Crippen LogP contribution < -0.4 is 32.7 Å². The minimum atomic E-state index is -0.991. The second kappa shape index (κ2) is 19.7. The molecule has 0 aromatic heterocycles. The second-order valence-electron chi connectivity index (χ2n) is 10.9. The number of ketones is 1. The lowest BCUT2D eigenvalue weighted by atomic mass is 10.0. The fourth-order valence-electron chi connectivity index (χ4n) is 4.35. The largest absolute Gasteiger partial charge is 0.395 e. The van der Waals surface area contributed by atoms with Crippen molar-refractivity contribution < 1.29 is 24.1 Å². The molecule has 0 heterocycles. The van der Waals surface area contributed by atoms with Crippen LogP contribution in [0.3, 0.4) is 0 Å². The van der Waals surface area contributed by atoms with Crippen LogP contribution in [-0.2, 0) is 32.0 Å². The number of nitrogens with zero attached hydrogens (tertiary/aromatic N) is 2. The zero-order valence-corrected chi connectivity index (χ0v) is 27.1. The molecule has 0 aliphatic heterocycles. The minimum absolute atomic E-state index is 0.0792. The van der Waals surface area contributed by atoms with Crippen molar-refractivity contribution in [2.75, 3.05) is 24.1 Å². The van der Waals surface area contributed by atoms with Gasteiger partial charge in [-0.15, -0.1) is 4.91 Å². The molecule has 0 aliphatic carbocycles. The van der Waals surface area contributed by atoms with E-state index in [1.165, 1.54) is 19.9 Å². The van der Waals surface area contributed by atoms with Crippen molar-refractivity contribution >= 4 is 46.3 Å². The predicted molar refractivity (Wildman–Crippen MR) is 183 cm³/mol. The second-order valence-corrected chi connectivity index (χ2v) is 10.9. The first-order chi connectivity index (χ1) is 22.9. The zero-order valence-electron chi connectivity index (χ0n) is 27.1. The highest BCUT2D eigenvalue weighted by Gasteiger charge is 2.28. The summed E-state index contributed by atoms with van der Waals surface area (Å²) in [7, 11) is 0. The SMILES string of the molecule is CC(C)=O.CCC(N)C(=O)NC(Cc1ccccc1)C(=O)NC(Cc1ccccc1)C(=O)NCCNc1ccc([N+](=O)[O-])c(N=O)c1N. The van der Waals surface area contributed by atoms with Crippen molar-refractivity contribution in [1.29, 1.82) is 0 Å². The van der Waals surface area contributed by atoms with Crippen LogP contribution in [-0.4, -0.2) is 59.6 Å². The number of nitrogen functional groups attached to an aromatic ring is 1. The van der Waals surface area contributed by atoms with Gasteiger partial charge < -0.3 is 37.5 Å². The Kier molecular flexibility index (Phi) is 15.8. The minimum Gasteiger partial charge on any atom is -0.395 e. The molecule has 15 nitrogen and oxygen atoms in total. The molecule has 3 unspecified atom stereocenters. The van der Waals surface area contributed by atoms with Crippen molar-refractivity contribution in [3.8, 4) is 0 Å². The van der Waals surface area contributed by atoms with Crippen LogP contribution in [0.4, 0.5) is 22.7 Å². The van der Waals surface area contributed by atoms with E-state index in [0.717, 1.165) is 17.2 Å². The van der Waals surface area contributed by atoms with Crippen LogP contribution in [0.5, 0.6) is 0 Å². The van der Waals surface area contributed by atoms with Gasteiger partial charge in [0.05, 0.1) is 22.3 Å². The molecule has 8 N–H and O–H groups in total. The van der Waals surface area contributed by atoms with Gasteiger partial charge in [0.25, 0.3) is 0 Å². The number of carbonyl (C=O) groups is 4. The Morgan fingerprint density at radius 1 is 0.812 bits per heavy atom. The Morgan fingerprint density at radius 2 is 1.31 bits per heavy atom. The van der Waals surface area contributed by atoms with E-state index in [4.69, 9.17) is 11.5 Å². The first-order valence-corrected chi connectivity index (χ1v) is 15.2. The highest BCUT2D eigenvalue weighted by Crippen LogP contribution is 2.38. The summed E-state index contributed by atoms with van der Waals surface area (Å²) in [4.78, 5) is 70.4. The van der Waals surface area contributed by atoms with Crippen LogP contribution in [0, 0.1) is 15.0 Å². The topological polar surface area (TPSA) is 241 Å². The van der Waals surface area contributed by atoms with E-state index in [-0.39, 0.29) is 43.1 Å². The highest BCUT2D eigenvalue weighted by molar-refractivity contribution is 5.93. The number of Topliss-reactive ketones (excluding diaryl/α,β-unsaturated/α-hetero) is 1. The third-order valence-electron chi connectivity index (χ3n) is 6.83. The van der Waals surface area contributed by atoms with Gasteiger partial charge in [0, 0.05) is 32.0 Å². The summed E-state index contributed by atoms with van der Waals surface area (Å²) in [6.45, 7) is 5.04. The number of nitro benzene ring substituents is 1. The number of nitrogens with two attached hydrogens (primary N) is 2. The van der Waals surface area contributed by atoms with E-state index in [0.29, 0.717) is 6.42 Å². The number of nitrogens with one attached hydrogen (secondary N) is 4. The van der Waals surface area contributed by atoms with Crippen molar-refractivity contribution in [1.82, 2.24) is 16.0 Å². The van der Waals surface area contributed by atoms with Crippen molar-refractivity contribution in [2.24, 2.45) is 10.9 Å². The van der Waals surface area contributed by atoms with Crippen LogP contribution >= 0.6 is 0 Å². The summed E-state index contributed by atoms with van der Waals surface area (Å²) in [6.07, 6.45) is 0.750. The van der Waals surface area contributed by atoms with Crippen LogP contribution in [0.1, 0.15) is 38.3 Å². The third-order valence-corrected chi connectivity index (χ3v) is 6.83. The number of anilines is 2. The van der Waals surface area contributed by atoms with Crippen LogP contribution in [0.25, 0.3) is 0 Å². The van der Waals surface area contributed by atoms with Gasteiger partial charge >= 0.3 is 5.69 Å². The molecule has 48 heavy (non-hydrogen) atoms. The van der Waals surface area contributed by atoms with E-state index in [2.05, 4.69) is 26.4 Å². The Balaban J connectivity index is 0.00000189. The van der Waals surface area contributed by atoms with Crippen molar-refractivity contribution in [2.45, 2.75) is 58.2 Å². The number of benzene rings is 3. The Morgan fingerprint density at radius 3 is 1.79 bits per heavy atom. The first-order valence-electron chi connectivity index (χ1n) is 15.2. The van der Waals surface area contributed by atoms with Gasteiger partial charge in [0.1, 0.15) is 17.9 Å². The lowest BCUT2D eigenvalue weighted by Crippen LogP contribution is -2.57. The molecule has 3 aromatic carbocycles. The molecule has 0 fully saturated rings. The van der Waals surface area contributed by atoms with E-state index in [9.17, 15) is 34.2 Å². The molecular formula is C33H42N8O7. The number of nitroso groups, excluding NO2 is 1. The smallest absolute Gasteiger partial charge is 0.300 e. The first kappa shape index (κ1) is 38.5. The van der Waals surface area contributed by atoms with Gasteiger partial charge in [0.15, 0.2) is 0 Å². The van der Waals surface area contributed by atoms with E-state index >= 15 is 0 Å². The summed E-state index contributed by atoms with van der Waals surface area (Å²) in [5.41, 5.74) is 12.4. The maximum Gasteiger partial charge on any atom is 0.300 e. The quantitative estimate of drug-likeness (QED) is 0.0431. The van der Waals surface area contributed by atoms with Gasteiger partial charge in [-0.3, -0.25) is 24.5 Å². The molecule has 0 spiro atoms. The number of rotatable bonds is 16. The Hall–Kier alpha value is -5.70. The van der Waals surface area contributed by atoms with Crippen molar-refractivity contribution in [3.63, 3.8) is 0 Å². The summed E-state index contributed by atoms with van der Waals surface area (Å²) < 4.78 is 0. The molecule has 256 valence electrons. The fourth-order valence-corrected chi connectivity index (χ4v) is 4.35. The summed E-state index contributed by atoms with van der Waals surface area (Å²) in [5.74, 6) is -1.34. The molecule has 15 heteroatoms. The van der Waals surface area contributed by atoms with Crippen LogP contribution in [0.15, 0.2) is 78.0 Å². The molecule has 0 bridgehead atoms. The molecule has 0 aliphatic rings. The molecule has 3 aromatic rings. The Bertz CT molecular complexity index is 1550. The Labute approximate surface area is 278 Å². The zero-order chi connectivity index (χ0) is 35.6. The van der Waals surface area contributed by atoms with Gasteiger partial charge in [-0.05, 0) is 42.6 Å². The van der Waals surface area contributed by atoms with Gasteiger partial charge in [0.2, 0.25) is 23.4 Å². The highest BCUT2D eigenvalue weighted by atomic mass is 16.6. The summed E-state index contributed by atoms with van der Waals surface area (Å²) in [5, 5.41) is 25.0. The number of carbonyl (C=O) groups excluding carboxylic acids is 4. The number of hydrogen-bond donors (Lipinski definition) is 6. The molecular weight excluding hydrogens is 620 g/mol. The van der Waals surface area contributed by atoms with Crippen LogP contribution in [0.2, 0.25) is 0 Å². The number of amides is 3. The average Bonchev–Trinajstić information content (AvgIpc) is 3.06. The average molecular weight is 663 g/mol. The van der Waals surface area contributed by atoms with Gasteiger partial charge in [-0.1, -0.05) is 67.6 Å². The number of nitro groups is 1. The summed E-state index contributed by atoms with van der Waals surface area (Å²) in [6, 6.07) is 18.0. The molecule has 3 atom stereocenters. The number of hydrogen-bond acceptors (Lipinski definition) is 11. The molecule has 0 saturated heterocycles. The monoisotopic (exact) mass is 662 g/mol. The molecule has 0 saturated carbocycles. The third kappa shape index (κ3) is 12.6. The van der Waals surface area contributed by atoms with Gasteiger partial charge in [-0.25, -0.2) is 0 Å². The van der Waals surface area contributed by atoms with E-state index in [1.807, 2.05) is 60.7 Å². The maximum atomic E-state index is 13.5. The van der Waals surface area contributed by atoms with E-state index in [1.54, 1.807) is 6.92 Å². The fraction of sp³-hybridized carbons (Fsp3) is 0.333. The van der Waals surface area contributed by atoms with E-state index < -0.39 is 52.1 Å². The molecule has 3 amide bonds. The lowest BCUT2D eigenvalue weighted by Gasteiger charge is -2.24. The lowest BCUT2D eigenvalue weighted by molar-refractivity contribution is -0.384. The van der Waals surface area contributed by atoms with Crippen molar-refractivity contribution in [3.05, 3.63) is 98.9 Å². The standard InChI is InChI=1S/C30H36N8O6.C3H6O/c1-2-21(31)28(39)35-24(18-20-11-7-4-8-12-20)30(41)36-23(17-19-9-5-3-6-10-19)29(40)34-16-15-33-22-13-14-25(38(43)44)27(37-42)26(22)32;1-3(2)4/h3-14,21,23-24,33H,2,15-18,31-32H2,1H3,(H,34,40)(H,35,39)(H,36,41);1-2H3. The molecule has 0 radical (unpaired) electrons. The maximum absolute atomic E-state index is 13.5.